The molecule has 16 heavy (non-hydrogen) atoms. The molecule has 1 aromatic heterocycles. The minimum atomic E-state index is 0.702. The highest BCUT2D eigenvalue weighted by Gasteiger charge is 2.04. The second-order valence-electron chi connectivity index (χ2n) is 3.77. The Morgan fingerprint density at radius 1 is 1.38 bits per heavy atom. The highest BCUT2D eigenvalue weighted by Crippen LogP contribution is 1.98. The molecule has 0 aliphatic heterocycles. The Bertz CT molecular complexity index is 290. The number of nitrogens with zero attached hydrogens (tertiary/aromatic N) is 3. The van der Waals surface area contributed by atoms with Gasteiger partial charge in [-0.05, 0) is 14.0 Å². The van der Waals surface area contributed by atoms with Crippen LogP contribution in [0.2, 0.25) is 0 Å². The number of aromatic nitrogens is 2. The van der Waals surface area contributed by atoms with E-state index in [1.54, 1.807) is 7.11 Å². The van der Waals surface area contributed by atoms with E-state index in [1.807, 2.05) is 6.92 Å². The van der Waals surface area contributed by atoms with Gasteiger partial charge < -0.3 is 15.0 Å². The first-order valence-electron chi connectivity index (χ1n) is 5.40. The second kappa shape index (κ2) is 7.32. The Kier molecular flexibility index (Phi) is 5.99. The molecule has 6 heteroatoms. The molecule has 0 amide bonds. The lowest BCUT2D eigenvalue weighted by Gasteiger charge is -2.15. The van der Waals surface area contributed by atoms with Gasteiger partial charge in [0, 0.05) is 33.3 Å². The van der Waals surface area contributed by atoms with E-state index in [0.717, 1.165) is 37.6 Å². The molecule has 0 bridgehead atoms. The summed E-state index contributed by atoms with van der Waals surface area (Å²) in [7, 11) is 3.79. The number of hydrogen-bond donors (Lipinski definition) is 1. The van der Waals surface area contributed by atoms with Crippen LogP contribution in [0.25, 0.3) is 0 Å². The van der Waals surface area contributed by atoms with Gasteiger partial charge in [0.2, 0.25) is 0 Å². The van der Waals surface area contributed by atoms with Crippen molar-refractivity contribution >= 4 is 0 Å². The molecule has 1 N–H and O–H groups in total. The first-order valence-corrected chi connectivity index (χ1v) is 5.40. The average molecular weight is 228 g/mol. The van der Waals surface area contributed by atoms with E-state index in [-0.39, 0.29) is 0 Å². The van der Waals surface area contributed by atoms with Gasteiger partial charge >= 0.3 is 0 Å². The van der Waals surface area contributed by atoms with Crippen molar-refractivity contribution in [3.63, 3.8) is 0 Å². The second-order valence-corrected chi connectivity index (χ2v) is 3.77. The van der Waals surface area contributed by atoms with Gasteiger partial charge in [0.15, 0.2) is 0 Å². The Hall–Kier alpha value is -0.980. The van der Waals surface area contributed by atoms with Crippen LogP contribution in [-0.2, 0) is 11.3 Å². The molecule has 0 atom stereocenters. The molecule has 0 saturated carbocycles. The van der Waals surface area contributed by atoms with Crippen molar-refractivity contribution in [1.82, 2.24) is 20.5 Å². The van der Waals surface area contributed by atoms with Crippen molar-refractivity contribution in [3.8, 4) is 0 Å². The van der Waals surface area contributed by atoms with Gasteiger partial charge in [-0.3, -0.25) is 0 Å². The van der Waals surface area contributed by atoms with Crippen LogP contribution in [0.3, 0.4) is 0 Å². The molecule has 0 aliphatic rings. The molecular weight excluding hydrogens is 208 g/mol. The van der Waals surface area contributed by atoms with Gasteiger partial charge in [-0.25, -0.2) is 4.63 Å². The zero-order valence-corrected chi connectivity index (χ0v) is 10.2. The van der Waals surface area contributed by atoms with Crippen LogP contribution in [0.4, 0.5) is 0 Å². The zero-order valence-electron chi connectivity index (χ0n) is 10.2. The smallest absolute Gasteiger partial charge is 0.121 e. The largest absolute Gasteiger partial charge is 0.383 e. The third-order valence-electron chi connectivity index (χ3n) is 2.39. The quantitative estimate of drug-likeness (QED) is 0.634. The van der Waals surface area contributed by atoms with Crippen LogP contribution in [0.5, 0.6) is 0 Å². The monoisotopic (exact) mass is 228 g/mol. The summed E-state index contributed by atoms with van der Waals surface area (Å²) in [6.45, 7) is 6.19. The van der Waals surface area contributed by atoms with E-state index in [0.29, 0.717) is 6.54 Å². The SMILES string of the molecule is COCCN(C)CCNCc1nonc1C. The average Bonchev–Trinajstić information content (AvgIpc) is 2.67. The van der Waals surface area contributed by atoms with Crippen LogP contribution < -0.4 is 5.32 Å². The molecule has 0 unspecified atom stereocenters. The summed E-state index contributed by atoms with van der Waals surface area (Å²) in [6.07, 6.45) is 0. The predicted molar refractivity (Wildman–Crippen MR) is 60.1 cm³/mol. The third-order valence-corrected chi connectivity index (χ3v) is 2.39. The Morgan fingerprint density at radius 2 is 2.19 bits per heavy atom. The normalized spacial score (nSPS) is 11.2. The molecule has 0 fully saturated rings. The van der Waals surface area contributed by atoms with E-state index in [2.05, 4.69) is 32.2 Å². The van der Waals surface area contributed by atoms with Crippen LogP contribution in [-0.4, -0.2) is 55.6 Å². The molecule has 6 nitrogen and oxygen atoms in total. The van der Waals surface area contributed by atoms with E-state index >= 15 is 0 Å². The number of nitrogens with one attached hydrogen (secondary N) is 1. The maximum absolute atomic E-state index is 5.00. The number of rotatable bonds is 8. The first kappa shape index (κ1) is 13.1. The lowest BCUT2D eigenvalue weighted by atomic mass is 10.3. The van der Waals surface area contributed by atoms with Crippen molar-refractivity contribution in [2.24, 2.45) is 0 Å². The van der Waals surface area contributed by atoms with Crippen LogP contribution >= 0.6 is 0 Å². The summed E-state index contributed by atoms with van der Waals surface area (Å²) in [5.41, 5.74) is 1.72. The predicted octanol–water partition coefficient (Wildman–Crippen LogP) is 0.0458. The number of aryl methyl sites for hydroxylation is 1. The van der Waals surface area contributed by atoms with Crippen molar-refractivity contribution < 1.29 is 9.37 Å². The number of hydrogen-bond acceptors (Lipinski definition) is 6. The minimum absolute atomic E-state index is 0.702. The molecular formula is C10H20N4O2. The van der Waals surface area contributed by atoms with E-state index in [1.165, 1.54) is 0 Å². The van der Waals surface area contributed by atoms with E-state index in [4.69, 9.17) is 4.74 Å². The minimum Gasteiger partial charge on any atom is -0.383 e. The fourth-order valence-electron chi connectivity index (χ4n) is 1.25. The molecule has 1 aromatic rings. The Balaban J connectivity index is 2.06. The molecule has 0 aromatic carbocycles. The highest BCUT2D eigenvalue weighted by atomic mass is 16.6. The summed E-state index contributed by atoms with van der Waals surface area (Å²) < 4.78 is 9.61. The van der Waals surface area contributed by atoms with Crippen LogP contribution in [0.15, 0.2) is 4.63 Å². The topological polar surface area (TPSA) is 63.4 Å². The maximum Gasteiger partial charge on any atom is 0.121 e. The Morgan fingerprint density at radius 3 is 2.81 bits per heavy atom. The van der Waals surface area contributed by atoms with Crippen molar-refractivity contribution in [1.29, 1.82) is 0 Å². The number of methoxy groups -OCH3 is 1. The number of ether oxygens (including phenoxy) is 1. The molecule has 0 aliphatic carbocycles. The summed E-state index contributed by atoms with van der Waals surface area (Å²) in [6, 6.07) is 0. The number of likely N-dealkylation sites (N-methyl/N-ethyl adjacent to an activating group) is 1. The molecule has 92 valence electrons. The fraction of sp³-hybridized carbons (Fsp3) is 0.800. The molecule has 0 spiro atoms. The van der Waals surface area contributed by atoms with Gasteiger partial charge in [-0.1, -0.05) is 10.3 Å². The summed E-state index contributed by atoms with van der Waals surface area (Å²) >= 11 is 0. The summed E-state index contributed by atoms with van der Waals surface area (Å²) in [5.74, 6) is 0. The highest BCUT2D eigenvalue weighted by molar-refractivity contribution is 5.03. The van der Waals surface area contributed by atoms with Crippen LogP contribution in [0.1, 0.15) is 11.4 Å². The van der Waals surface area contributed by atoms with Crippen molar-refractivity contribution in [2.45, 2.75) is 13.5 Å². The van der Waals surface area contributed by atoms with E-state index in [9.17, 15) is 0 Å². The zero-order chi connectivity index (χ0) is 11.8. The molecule has 0 saturated heterocycles. The van der Waals surface area contributed by atoms with Gasteiger partial charge in [0.1, 0.15) is 11.4 Å². The van der Waals surface area contributed by atoms with E-state index < -0.39 is 0 Å². The first-order chi connectivity index (χ1) is 7.74. The van der Waals surface area contributed by atoms with Gasteiger partial charge in [-0.2, -0.15) is 0 Å². The van der Waals surface area contributed by atoms with Gasteiger partial charge in [0.05, 0.1) is 6.61 Å². The van der Waals surface area contributed by atoms with Crippen molar-refractivity contribution in [2.75, 3.05) is 40.4 Å². The summed E-state index contributed by atoms with van der Waals surface area (Å²) in [4.78, 5) is 2.21. The lowest BCUT2D eigenvalue weighted by Crippen LogP contribution is -2.31. The van der Waals surface area contributed by atoms with Crippen molar-refractivity contribution in [3.05, 3.63) is 11.4 Å². The van der Waals surface area contributed by atoms with Gasteiger partial charge in [-0.15, -0.1) is 0 Å². The summed E-state index contributed by atoms with van der Waals surface area (Å²) in [5, 5.41) is 10.8. The lowest BCUT2D eigenvalue weighted by molar-refractivity contribution is 0.161. The third kappa shape index (κ3) is 4.69. The molecule has 1 heterocycles. The van der Waals surface area contributed by atoms with Gasteiger partial charge in [0.25, 0.3) is 0 Å². The Labute approximate surface area is 95.9 Å². The fourth-order valence-corrected chi connectivity index (χ4v) is 1.25. The maximum atomic E-state index is 5.00. The standard InChI is InChI=1S/C10H20N4O2/c1-9-10(13-16-12-9)8-11-4-5-14(2)6-7-15-3/h11H,4-8H2,1-3H3. The molecule has 0 radical (unpaired) electrons. The van der Waals surface area contributed by atoms with Crippen LogP contribution in [0, 0.1) is 6.92 Å². The molecule has 1 rings (SSSR count).